The van der Waals surface area contributed by atoms with Crippen LogP contribution in [0.4, 0.5) is 0 Å². The lowest BCUT2D eigenvalue weighted by molar-refractivity contribution is -0.143. The second-order valence-corrected chi connectivity index (χ2v) is 4.39. The zero-order valence-electron chi connectivity index (χ0n) is 9.50. The van der Waals surface area contributed by atoms with Gasteiger partial charge in [-0.15, -0.1) is 11.3 Å². The van der Waals surface area contributed by atoms with Crippen molar-refractivity contribution < 1.29 is 24.2 Å². The molecule has 0 saturated carbocycles. The molecule has 1 unspecified atom stereocenters. The van der Waals surface area contributed by atoms with Crippen molar-refractivity contribution in [3.8, 4) is 0 Å². The smallest absolute Gasteiger partial charge is 0.310 e. The number of thiazole rings is 1. The highest BCUT2D eigenvalue weighted by molar-refractivity contribution is 7.11. The van der Waals surface area contributed by atoms with Gasteiger partial charge in [-0.3, -0.25) is 9.59 Å². The van der Waals surface area contributed by atoms with E-state index < -0.39 is 24.3 Å². The Labute approximate surface area is 102 Å². The van der Waals surface area contributed by atoms with Gasteiger partial charge in [-0.05, 0) is 0 Å². The van der Waals surface area contributed by atoms with Crippen LogP contribution in [-0.4, -0.2) is 36.1 Å². The number of methoxy groups -OCH3 is 2. The molecule has 0 aliphatic heterocycles. The van der Waals surface area contributed by atoms with Crippen molar-refractivity contribution >= 4 is 23.1 Å². The lowest BCUT2D eigenvalue weighted by Gasteiger charge is -2.09. The number of hydrogen-bond acceptors (Lipinski definition) is 6. The summed E-state index contributed by atoms with van der Waals surface area (Å²) in [4.78, 5) is 26.7. The minimum Gasteiger partial charge on any atom is -0.481 e. The van der Waals surface area contributed by atoms with E-state index in [0.717, 1.165) is 0 Å². The van der Waals surface area contributed by atoms with Crippen LogP contribution in [0.15, 0.2) is 6.20 Å². The quantitative estimate of drug-likeness (QED) is 0.736. The second-order valence-electron chi connectivity index (χ2n) is 3.24. The van der Waals surface area contributed by atoms with Gasteiger partial charge in [-0.1, -0.05) is 0 Å². The number of rotatable bonds is 7. The van der Waals surface area contributed by atoms with Gasteiger partial charge in [0.25, 0.3) is 0 Å². The van der Waals surface area contributed by atoms with Crippen LogP contribution < -0.4 is 0 Å². The summed E-state index contributed by atoms with van der Waals surface area (Å²) < 4.78 is 9.91. The van der Waals surface area contributed by atoms with Gasteiger partial charge < -0.3 is 14.6 Å². The molecular formula is C10H13NO5S. The standard InChI is InChI=1S/C10H13NO5S/c1-15-5-8-11-4-7(17-8)10(16-2)6(12)3-9(13)14/h4,10H,3,5H2,1-2H3,(H,13,14). The SMILES string of the molecule is COCc1ncc(C(OC)C(=O)CC(=O)O)s1. The number of carbonyl (C=O) groups is 2. The summed E-state index contributed by atoms with van der Waals surface area (Å²) in [6, 6.07) is 0. The number of carbonyl (C=O) groups excluding carboxylic acids is 1. The van der Waals surface area contributed by atoms with Crippen molar-refractivity contribution in [2.24, 2.45) is 0 Å². The zero-order valence-corrected chi connectivity index (χ0v) is 10.3. The van der Waals surface area contributed by atoms with E-state index in [0.29, 0.717) is 16.5 Å². The molecule has 0 amide bonds. The molecule has 1 aromatic heterocycles. The summed E-state index contributed by atoms with van der Waals surface area (Å²) in [5.74, 6) is -1.66. The monoisotopic (exact) mass is 259 g/mol. The Morgan fingerprint density at radius 1 is 1.53 bits per heavy atom. The number of aromatic nitrogens is 1. The molecule has 7 heteroatoms. The van der Waals surface area contributed by atoms with E-state index in [1.807, 2.05) is 0 Å². The minimum absolute atomic E-state index is 0.355. The van der Waals surface area contributed by atoms with Gasteiger partial charge in [0, 0.05) is 20.4 Å². The van der Waals surface area contributed by atoms with Crippen LogP contribution in [0.1, 0.15) is 22.4 Å². The van der Waals surface area contributed by atoms with Gasteiger partial charge in [0.1, 0.15) is 11.4 Å². The molecule has 0 saturated heterocycles. The van der Waals surface area contributed by atoms with Crippen LogP contribution in [0.2, 0.25) is 0 Å². The van der Waals surface area contributed by atoms with E-state index >= 15 is 0 Å². The van der Waals surface area contributed by atoms with Crippen LogP contribution in [0.25, 0.3) is 0 Å². The molecular weight excluding hydrogens is 246 g/mol. The molecule has 1 rings (SSSR count). The maximum Gasteiger partial charge on any atom is 0.310 e. The van der Waals surface area contributed by atoms with Gasteiger partial charge >= 0.3 is 5.97 Å². The molecule has 0 radical (unpaired) electrons. The van der Waals surface area contributed by atoms with E-state index in [-0.39, 0.29) is 0 Å². The number of ketones is 1. The molecule has 17 heavy (non-hydrogen) atoms. The molecule has 1 aromatic rings. The van der Waals surface area contributed by atoms with Crippen molar-refractivity contribution in [1.82, 2.24) is 4.98 Å². The fraction of sp³-hybridized carbons (Fsp3) is 0.500. The summed E-state index contributed by atoms with van der Waals surface area (Å²) in [5.41, 5.74) is 0. The molecule has 1 heterocycles. The molecule has 0 spiro atoms. The molecule has 0 aliphatic carbocycles. The third-order valence-electron chi connectivity index (χ3n) is 1.95. The first kappa shape index (κ1) is 13.8. The summed E-state index contributed by atoms with van der Waals surface area (Å²) in [6.45, 7) is 0.355. The predicted octanol–water partition coefficient (Wildman–Crippen LogP) is 1.02. The zero-order chi connectivity index (χ0) is 12.8. The van der Waals surface area contributed by atoms with Gasteiger partial charge in [-0.2, -0.15) is 0 Å². The molecule has 6 nitrogen and oxygen atoms in total. The summed E-state index contributed by atoms with van der Waals surface area (Å²) in [7, 11) is 2.91. The van der Waals surface area contributed by atoms with Crippen molar-refractivity contribution in [1.29, 1.82) is 0 Å². The van der Waals surface area contributed by atoms with E-state index in [4.69, 9.17) is 14.6 Å². The molecule has 1 atom stereocenters. The Balaban J connectivity index is 2.78. The Morgan fingerprint density at radius 3 is 2.76 bits per heavy atom. The fourth-order valence-electron chi connectivity index (χ4n) is 1.28. The average molecular weight is 259 g/mol. The fourth-order valence-corrected chi connectivity index (χ4v) is 2.28. The Bertz CT molecular complexity index is 403. The molecule has 0 aliphatic rings. The van der Waals surface area contributed by atoms with Crippen LogP contribution in [-0.2, 0) is 25.7 Å². The highest BCUT2D eigenvalue weighted by Crippen LogP contribution is 2.25. The lowest BCUT2D eigenvalue weighted by Crippen LogP contribution is -2.17. The summed E-state index contributed by atoms with van der Waals surface area (Å²) in [5, 5.41) is 9.27. The molecule has 0 aromatic carbocycles. The van der Waals surface area contributed by atoms with Gasteiger partial charge in [0.2, 0.25) is 0 Å². The van der Waals surface area contributed by atoms with Gasteiger partial charge in [-0.25, -0.2) is 4.98 Å². The number of carboxylic acid groups (broad SMARTS) is 1. The van der Waals surface area contributed by atoms with Crippen LogP contribution >= 0.6 is 11.3 Å². The molecule has 0 fully saturated rings. The third-order valence-corrected chi connectivity index (χ3v) is 2.97. The number of aliphatic carboxylic acids is 1. The topological polar surface area (TPSA) is 85.7 Å². The van der Waals surface area contributed by atoms with Gasteiger partial charge in [0.05, 0.1) is 11.5 Å². The molecule has 1 N–H and O–H groups in total. The van der Waals surface area contributed by atoms with Crippen molar-refractivity contribution in [2.45, 2.75) is 19.1 Å². The number of nitrogens with zero attached hydrogens (tertiary/aromatic N) is 1. The maximum absolute atomic E-state index is 11.6. The lowest BCUT2D eigenvalue weighted by atomic mass is 10.1. The minimum atomic E-state index is -1.17. The van der Waals surface area contributed by atoms with Crippen LogP contribution in [0.5, 0.6) is 0 Å². The highest BCUT2D eigenvalue weighted by Gasteiger charge is 2.24. The van der Waals surface area contributed by atoms with Crippen LogP contribution in [0, 0.1) is 0 Å². The molecule has 94 valence electrons. The first-order valence-electron chi connectivity index (χ1n) is 4.79. The summed E-state index contributed by atoms with van der Waals surface area (Å²) in [6.07, 6.45) is 0.0809. The third kappa shape index (κ3) is 3.88. The molecule has 0 bridgehead atoms. The number of Topliss-reactive ketones (excluding diaryl/α,β-unsaturated/α-hetero) is 1. The normalized spacial score (nSPS) is 12.4. The van der Waals surface area contributed by atoms with E-state index in [9.17, 15) is 9.59 Å². The Hall–Kier alpha value is -1.31. The number of carboxylic acids is 1. The highest BCUT2D eigenvalue weighted by atomic mass is 32.1. The first-order valence-corrected chi connectivity index (χ1v) is 5.61. The first-order chi connectivity index (χ1) is 8.08. The maximum atomic E-state index is 11.6. The Kier molecular flexibility index (Phi) is 5.20. The van der Waals surface area contributed by atoms with Crippen molar-refractivity contribution in [2.75, 3.05) is 14.2 Å². The van der Waals surface area contributed by atoms with Crippen molar-refractivity contribution in [3.63, 3.8) is 0 Å². The van der Waals surface area contributed by atoms with Crippen molar-refractivity contribution in [3.05, 3.63) is 16.1 Å². The number of ether oxygens (including phenoxy) is 2. The van der Waals surface area contributed by atoms with E-state index in [2.05, 4.69) is 4.98 Å². The number of hydrogen-bond donors (Lipinski definition) is 1. The predicted molar refractivity (Wildman–Crippen MR) is 59.8 cm³/mol. The van der Waals surface area contributed by atoms with E-state index in [1.54, 1.807) is 7.11 Å². The van der Waals surface area contributed by atoms with Crippen LogP contribution in [0.3, 0.4) is 0 Å². The summed E-state index contributed by atoms with van der Waals surface area (Å²) >= 11 is 1.27. The Morgan fingerprint density at radius 2 is 2.24 bits per heavy atom. The average Bonchev–Trinajstić information content (AvgIpc) is 2.67. The largest absolute Gasteiger partial charge is 0.481 e. The van der Waals surface area contributed by atoms with E-state index in [1.165, 1.54) is 24.6 Å². The second kappa shape index (κ2) is 6.43. The van der Waals surface area contributed by atoms with Gasteiger partial charge in [0.15, 0.2) is 11.9 Å².